The van der Waals surface area contributed by atoms with Crippen molar-refractivity contribution in [2.75, 3.05) is 19.0 Å². The monoisotopic (exact) mass is 272 g/mol. The van der Waals surface area contributed by atoms with Crippen LogP contribution in [-0.2, 0) is 9.53 Å². The number of carbonyl (C=O) groups is 1. The Labute approximate surface area is 114 Å². The van der Waals surface area contributed by atoms with Crippen LogP contribution in [0.1, 0.15) is 39.0 Å². The highest BCUT2D eigenvalue weighted by atomic mass is 35.5. The molecule has 1 aliphatic carbocycles. The van der Waals surface area contributed by atoms with Crippen LogP contribution in [0.4, 0.5) is 0 Å². The lowest BCUT2D eigenvalue weighted by Gasteiger charge is -2.36. The molecule has 4 nitrogen and oxygen atoms in total. The fourth-order valence-corrected chi connectivity index (χ4v) is 2.67. The van der Waals surface area contributed by atoms with Crippen molar-refractivity contribution in [2.24, 2.45) is 0 Å². The second-order valence-electron chi connectivity index (χ2n) is 4.51. The summed E-state index contributed by atoms with van der Waals surface area (Å²) in [7, 11) is 0. The van der Waals surface area contributed by atoms with E-state index in [-0.39, 0.29) is 17.8 Å². The van der Waals surface area contributed by atoms with Crippen molar-refractivity contribution in [1.29, 1.82) is 5.26 Å². The van der Waals surface area contributed by atoms with Crippen LogP contribution in [0.3, 0.4) is 0 Å². The Morgan fingerprint density at radius 1 is 1.44 bits per heavy atom. The minimum Gasteiger partial charge on any atom is -0.379 e. The van der Waals surface area contributed by atoms with Crippen LogP contribution in [-0.4, -0.2) is 42.0 Å². The third-order valence-corrected chi connectivity index (χ3v) is 3.61. The van der Waals surface area contributed by atoms with Crippen LogP contribution in [0, 0.1) is 11.3 Å². The Balaban J connectivity index is 2.49. The van der Waals surface area contributed by atoms with Crippen molar-refractivity contribution in [2.45, 2.75) is 51.2 Å². The zero-order chi connectivity index (χ0) is 13.4. The van der Waals surface area contributed by atoms with Crippen LogP contribution in [0.2, 0.25) is 0 Å². The van der Waals surface area contributed by atoms with E-state index in [0.717, 1.165) is 32.3 Å². The van der Waals surface area contributed by atoms with Crippen LogP contribution in [0.5, 0.6) is 0 Å². The summed E-state index contributed by atoms with van der Waals surface area (Å²) >= 11 is 5.62. The van der Waals surface area contributed by atoms with Crippen molar-refractivity contribution in [3.05, 3.63) is 0 Å². The summed E-state index contributed by atoms with van der Waals surface area (Å²) in [6.07, 6.45) is 4.55. The molecule has 1 fully saturated rings. The minimum absolute atomic E-state index is 0.00316. The smallest absolute Gasteiger partial charge is 0.237 e. The van der Waals surface area contributed by atoms with Crippen LogP contribution >= 0.6 is 11.6 Å². The van der Waals surface area contributed by atoms with Gasteiger partial charge in [0.25, 0.3) is 0 Å². The second-order valence-corrected chi connectivity index (χ2v) is 4.78. The maximum absolute atomic E-state index is 11.8. The first-order valence-electron chi connectivity index (χ1n) is 6.56. The van der Waals surface area contributed by atoms with Gasteiger partial charge in [0, 0.05) is 19.2 Å². The van der Waals surface area contributed by atoms with Crippen LogP contribution in [0.25, 0.3) is 0 Å². The minimum atomic E-state index is -0.0632. The molecule has 18 heavy (non-hydrogen) atoms. The maximum atomic E-state index is 11.8. The summed E-state index contributed by atoms with van der Waals surface area (Å²) in [5.74, 6) is -0.0663. The van der Waals surface area contributed by atoms with Crippen molar-refractivity contribution < 1.29 is 9.53 Å². The first-order valence-corrected chi connectivity index (χ1v) is 7.10. The number of nitrogens with zero attached hydrogens (tertiary/aromatic N) is 2. The first-order chi connectivity index (χ1) is 8.72. The number of alkyl halides is 1. The Bertz CT molecular complexity index is 296. The van der Waals surface area contributed by atoms with Gasteiger partial charge in [0.2, 0.25) is 5.91 Å². The number of carbonyl (C=O) groups excluding carboxylic acids is 1. The number of hydrogen-bond acceptors (Lipinski definition) is 3. The van der Waals surface area contributed by atoms with E-state index in [9.17, 15) is 4.79 Å². The lowest BCUT2D eigenvalue weighted by Crippen LogP contribution is -2.44. The molecular weight excluding hydrogens is 252 g/mol. The number of halogens is 1. The Kier molecular flexibility index (Phi) is 7.07. The second kappa shape index (κ2) is 8.34. The van der Waals surface area contributed by atoms with Gasteiger partial charge in [-0.3, -0.25) is 4.79 Å². The van der Waals surface area contributed by atoms with Gasteiger partial charge in [0.15, 0.2) is 0 Å². The Morgan fingerprint density at radius 3 is 2.61 bits per heavy atom. The molecule has 0 radical (unpaired) electrons. The van der Waals surface area contributed by atoms with Gasteiger partial charge in [0.1, 0.15) is 5.88 Å². The molecule has 102 valence electrons. The molecule has 0 unspecified atom stereocenters. The third-order valence-electron chi connectivity index (χ3n) is 3.39. The van der Waals surface area contributed by atoms with Crippen LogP contribution < -0.4 is 0 Å². The molecule has 1 saturated carbocycles. The quantitative estimate of drug-likeness (QED) is 0.697. The van der Waals surface area contributed by atoms with Crippen molar-refractivity contribution in [3.63, 3.8) is 0 Å². The number of hydrogen-bond donors (Lipinski definition) is 0. The summed E-state index contributed by atoms with van der Waals surface area (Å²) in [5, 5.41) is 8.64. The number of rotatable bonds is 6. The summed E-state index contributed by atoms with van der Waals surface area (Å²) < 4.78 is 5.60. The highest BCUT2D eigenvalue weighted by Gasteiger charge is 2.28. The number of amides is 1. The molecule has 0 saturated heterocycles. The zero-order valence-corrected chi connectivity index (χ0v) is 11.7. The highest BCUT2D eigenvalue weighted by Crippen LogP contribution is 2.25. The van der Waals surface area contributed by atoms with Crippen molar-refractivity contribution in [1.82, 2.24) is 4.90 Å². The number of nitriles is 1. The van der Waals surface area contributed by atoms with Gasteiger partial charge < -0.3 is 9.64 Å². The summed E-state index contributed by atoms with van der Waals surface area (Å²) in [6, 6.07) is 2.31. The SMILES string of the molecule is CCOC1CCC(N(CCC#N)C(=O)CCl)CC1. The molecule has 1 rings (SSSR count). The highest BCUT2D eigenvalue weighted by molar-refractivity contribution is 6.27. The predicted octanol–water partition coefficient (Wildman–Crippen LogP) is 2.32. The molecular formula is C13H21ClN2O2. The number of ether oxygens (including phenoxy) is 1. The predicted molar refractivity (Wildman–Crippen MR) is 70.3 cm³/mol. The van der Waals surface area contributed by atoms with E-state index in [1.165, 1.54) is 0 Å². The maximum Gasteiger partial charge on any atom is 0.237 e. The summed E-state index contributed by atoms with van der Waals surface area (Å²) in [6.45, 7) is 3.24. The zero-order valence-electron chi connectivity index (χ0n) is 10.9. The normalized spacial score (nSPS) is 23.4. The van der Waals surface area contributed by atoms with Gasteiger partial charge in [-0.05, 0) is 32.6 Å². The molecule has 0 bridgehead atoms. The van der Waals surface area contributed by atoms with E-state index in [1.807, 2.05) is 6.92 Å². The van der Waals surface area contributed by atoms with E-state index in [1.54, 1.807) is 4.90 Å². The van der Waals surface area contributed by atoms with Gasteiger partial charge >= 0.3 is 0 Å². The fourth-order valence-electron chi connectivity index (χ4n) is 2.52. The lowest BCUT2D eigenvalue weighted by molar-refractivity contribution is -0.132. The van der Waals surface area contributed by atoms with Gasteiger partial charge in [-0.1, -0.05) is 0 Å². The van der Waals surface area contributed by atoms with E-state index < -0.39 is 0 Å². The van der Waals surface area contributed by atoms with Crippen LogP contribution in [0.15, 0.2) is 0 Å². The van der Waals surface area contributed by atoms with E-state index in [0.29, 0.717) is 19.1 Å². The summed E-state index contributed by atoms with van der Waals surface area (Å²) in [5.41, 5.74) is 0. The summed E-state index contributed by atoms with van der Waals surface area (Å²) in [4.78, 5) is 13.6. The molecule has 0 aliphatic heterocycles. The molecule has 0 spiro atoms. The first kappa shape index (κ1) is 15.3. The average molecular weight is 273 g/mol. The molecule has 0 heterocycles. The molecule has 0 aromatic rings. The van der Waals surface area contributed by atoms with Crippen molar-refractivity contribution in [3.8, 4) is 6.07 Å². The van der Waals surface area contributed by atoms with E-state index in [4.69, 9.17) is 21.6 Å². The van der Waals surface area contributed by atoms with Gasteiger partial charge in [0.05, 0.1) is 18.6 Å². The van der Waals surface area contributed by atoms with Gasteiger partial charge in [-0.25, -0.2) is 0 Å². The molecule has 1 amide bonds. The van der Waals surface area contributed by atoms with E-state index >= 15 is 0 Å². The van der Waals surface area contributed by atoms with Gasteiger partial charge in [-0.2, -0.15) is 5.26 Å². The largest absolute Gasteiger partial charge is 0.379 e. The van der Waals surface area contributed by atoms with Gasteiger partial charge in [-0.15, -0.1) is 11.6 Å². The molecule has 0 aromatic heterocycles. The van der Waals surface area contributed by atoms with Crippen molar-refractivity contribution >= 4 is 17.5 Å². The third kappa shape index (κ3) is 4.47. The lowest BCUT2D eigenvalue weighted by atomic mass is 9.91. The topological polar surface area (TPSA) is 53.3 Å². The molecule has 0 aromatic carbocycles. The Morgan fingerprint density at radius 2 is 2.11 bits per heavy atom. The molecule has 5 heteroatoms. The average Bonchev–Trinajstić information content (AvgIpc) is 2.41. The fraction of sp³-hybridized carbons (Fsp3) is 0.846. The molecule has 0 atom stereocenters. The molecule has 1 aliphatic rings. The standard InChI is InChI=1S/C13H21ClN2O2/c1-2-18-12-6-4-11(5-7-12)16(9-3-8-15)13(17)10-14/h11-12H,2-7,9-10H2,1H3. The van der Waals surface area contributed by atoms with E-state index in [2.05, 4.69) is 6.07 Å². The Hall–Kier alpha value is -0.790. The molecule has 0 N–H and O–H groups in total.